The maximum absolute atomic E-state index is 12.7. The Hall–Kier alpha value is -2.82. The van der Waals surface area contributed by atoms with Gasteiger partial charge in [-0.15, -0.1) is 0 Å². The molecule has 2 aromatic rings. The van der Waals surface area contributed by atoms with E-state index in [0.29, 0.717) is 13.2 Å². The van der Waals surface area contributed by atoms with Crippen LogP contribution in [-0.2, 0) is 14.8 Å². The Labute approximate surface area is 155 Å². The number of benzene rings is 2. The van der Waals surface area contributed by atoms with Crippen molar-refractivity contribution in [1.29, 1.82) is 0 Å². The number of non-ortho nitro benzene ring substituents is 1. The second kappa shape index (κ2) is 7.82. The van der Waals surface area contributed by atoms with Gasteiger partial charge < -0.3 is 9.47 Å². The largest absolute Gasteiger partial charge is 0.423 e. The van der Waals surface area contributed by atoms with Crippen molar-refractivity contribution >= 4 is 21.7 Å². The number of carbonyl (C=O) groups is 1. The summed E-state index contributed by atoms with van der Waals surface area (Å²) in [5.74, 6) is -0.644. The molecule has 0 atom stereocenters. The third-order valence-electron chi connectivity index (χ3n) is 3.94. The average molecular weight is 392 g/mol. The number of sulfonamides is 1. The summed E-state index contributed by atoms with van der Waals surface area (Å²) in [4.78, 5) is 22.4. The third-order valence-corrected chi connectivity index (χ3v) is 5.83. The number of esters is 1. The highest BCUT2D eigenvalue weighted by Gasteiger charge is 2.27. The minimum atomic E-state index is -3.74. The van der Waals surface area contributed by atoms with E-state index >= 15 is 0 Å². The monoisotopic (exact) mass is 392 g/mol. The van der Waals surface area contributed by atoms with E-state index in [1.807, 2.05) is 0 Å². The molecular weight excluding hydrogens is 376 g/mol. The first kappa shape index (κ1) is 19.0. The van der Waals surface area contributed by atoms with Crippen LogP contribution < -0.4 is 4.74 Å². The van der Waals surface area contributed by atoms with E-state index in [0.717, 1.165) is 0 Å². The Morgan fingerprint density at radius 3 is 2.41 bits per heavy atom. The Kier molecular flexibility index (Phi) is 5.49. The normalized spacial score (nSPS) is 15.3. The van der Waals surface area contributed by atoms with E-state index in [1.165, 1.54) is 52.8 Å². The number of hydrogen-bond acceptors (Lipinski definition) is 7. The second-order valence-corrected chi connectivity index (χ2v) is 7.62. The highest BCUT2D eigenvalue weighted by Crippen LogP contribution is 2.21. The molecule has 0 spiro atoms. The molecule has 3 rings (SSSR count). The van der Waals surface area contributed by atoms with Crippen LogP contribution in [0.25, 0.3) is 0 Å². The summed E-state index contributed by atoms with van der Waals surface area (Å²) in [5.41, 5.74) is -0.0731. The van der Waals surface area contributed by atoms with Gasteiger partial charge in [-0.3, -0.25) is 10.1 Å². The molecule has 1 fully saturated rings. The maximum Gasteiger partial charge on any atom is 0.343 e. The zero-order chi connectivity index (χ0) is 19.4. The highest BCUT2D eigenvalue weighted by atomic mass is 32.2. The first-order valence-electron chi connectivity index (χ1n) is 8.02. The topological polar surface area (TPSA) is 116 Å². The lowest BCUT2D eigenvalue weighted by molar-refractivity contribution is -0.384. The summed E-state index contributed by atoms with van der Waals surface area (Å²) >= 11 is 0. The van der Waals surface area contributed by atoms with Crippen LogP contribution in [0.3, 0.4) is 0 Å². The zero-order valence-corrected chi connectivity index (χ0v) is 14.9. The van der Waals surface area contributed by atoms with Crippen molar-refractivity contribution in [3.8, 4) is 5.75 Å². The Bertz CT molecular complexity index is 952. The van der Waals surface area contributed by atoms with Crippen LogP contribution in [0, 0.1) is 10.1 Å². The van der Waals surface area contributed by atoms with E-state index < -0.39 is 20.9 Å². The smallest absolute Gasteiger partial charge is 0.343 e. The van der Waals surface area contributed by atoms with E-state index in [1.54, 1.807) is 0 Å². The number of nitro benzene ring substituents is 1. The third kappa shape index (κ3) is 4.30. The standard InChI is InChI=1S/C17H16N2O7S/c20-17(26-15-6-4-14(5-7-15)19(21)22)13-2-1-3-16(12-13)27(23,24)18-8-10-25-11-9-18/h1-7,12H,8-11H2. The van der Waals surface area contributed by atoms with Gasteiger partial charge in [-0.25, -0.2) is 13.2 Å². The lowest BCUT2D eigenvalue weighted by atomic mass is 10.2. The van der Waals surface area contributed by atoms with Gasteiger partial charge in [0, 0.05) is 25.2 Å². The predicted octanol–water partition coefficient (Wildman–Crippen LogP) is 1.83. The molecule has 0 radical (unpaired) electrons. The fourth-order valence-electron chi connectivity index (χ4n) is 2.52. The number of nitrogens with zero attached hydrogens (tertiary/aromatic N) is 2. The fraction of sp³-hybridized carbons (Fsp3) is 0.235. The Balaban J connectivity index is 1.78. The highest BCUT2D eigenvalue weighted by molar-refractivity contribution is 7.89. The number of rotatable bonds is 5. The molecule has 0 aromatic heterocycles. The molecule has 0 unspecified atom stereocenters. The summed E-state index contributed by atoms with van der Waals surface area (Å²) < 4.78 is 37.0. The summed E-state index contributed by atoms with van der Waals surface area (Å²) in [5, 5.41) is 10.6. The van der Waals surface area contributed by atoms with E-state index in [-0.39, 0.29) is 35.0 Å². The van der Waals surface area contributed by atoms with Crippen molar-refractivity contribution in [2.24, 2.45) is 0 Å². The van der Waals surface area contributed by atoms with Gasteiger partial charge in [0.1, 0.15) is 5.75 Å². The van der Waals surface area contributed by atoms with Gasteiger partial charge in [0.2, 0.25) is 10.0 Å². The SMILES string of the molecule is O=C(Oc1ccc([N+](=O)[O-])cc1)c1cccc(S(=O)(=O)N2CCOCC2)c1. The molecule has 0 aliphatic carbocycles. The lowest BCUT2D eigenvalue weighted by Crippen LogP contribution is -2.40. The first-order valence-corrected chi connectivity index (χ1v) is 9.46. The van der Waals surface area contributed by atoms with Crippen LogP contribution in [-0.4, -0.2) is 49.9 Å². The minimum Gasteiger partial charge on any atom is -0.423 e. The van der Waals surface area contributed by atoms with Crippen LogP contribution in [0.2, 0.25) is 0 Å². The molecule has 9 nitrogen and oxygen atoms in total. The van der Waals surface area contributed by atoms with E-state index in [4.69, 9.17) is 9.47 Å². The molecule has 0 N–H and O–H groups in total. The molecule has 1 aliphatic rings. The van der Waals surface area contributed by atoms with E-state index in [2.05, 4.69) is 0 Å². The first-order chi connectivity index (χ1) is 12.9. The molecule has 1 aliphatic heterocycles. The summed E-state index contributed by atoms with van der Waals surface area (Å²) in [7, 11) is -3.74. The van der Waals surface area contributed by atoms with Gasteiger partial charge in [-0.05, 0) is 30.3 Å². The van der Waals surface area contributed by atoms with Crippen LogP contribution in [0.5, 0.6) is 5.75 Å². The molecule has 1 heterocycles. The molecule has 2 aromatic carbocycles. The van der Waals surface area contributed by atoms with Crippen molar-refractivity contribution in [2.45, 2.75) is 4.90 Å². The summed E-state index contributed by atoms with van der Waals surface area (Å²) in [6.45, 7) is 1.14. The van der Waals surface area contributed by atoms with Gasteiger partial charge in [-0.2, -0.15) is 4.31 Å². The lowest BCUT2D eigenvalue weighted by Gasteiger charge is -2.26. The molecular formula is C17H16N2O7S. The predicted molar refractivity (Wildman–Crippen MR) is 94.1 cm³/mol. The molecule has 142 valence electrons. The van der Waals surface area contributed by atoms with Crippen molar-refractivity contribution in [3.05, 3.63) is 64.2 Å². The quantitative estimate of drug-likeness (QED) is 0.330. The van der Waals surface area contributed by atoms with Crippen LogP contribution in [0.1, 0.15) is 10.4 Å². The number of nitro groups is 1. The van der Waals surface area contributed by atoms with Crippen molar-refractivity contribution in [1.82, 2.24) is 4.31 Å². The minimum absolute atomic E-state index is 0.0115. The molecule has 27 heavy (non-hydrogen) atoms. The average Bonchev–Trinajstić information content (AvgIpc) is 2.69. The number of hydrogen-bond donors (Lipinski definition) is 0. The van der Waals surface area contributed by atoms with Crippen LogP contribution in [0.15, 0.2) is 53.4 Å². The van der Waals surface area contributed by atoms with Gasteiger partial charge in [0.05, 0.1) is 28.6 Å². The van der Waals surface area contributed by atoms with Crippen LogP contribution in [0.4, 0.5) is 5.69 Å². The van der Waals surface area contributed by atoms with Crippen molar-refractivity contribution in [3.63, 3.8) is 0 Å². The number of morpholine rings is 1. The molecule has 1 saturated heterocycles. The zero-order valence-electron chi connectivity index (χ0n) is 14.1. The Morgan fingerprint density at radius 2 is 1.78 bits per heavy atom. The van der Waals surface area contributed by atoms with E-state index in [9.17, 15) is 23.3 Å². The summed E-state index contributed by atoms with van der Waals surface area (Å²) in [6, 6.07) is 10.6. The van der Waals surface area contributed by atoms with Crippen LogP contribution >= 0.6 is 0 Å². The van der Waals surface area contributed by atoms with Gasteiger partial charge >= 0.3 is 5.97 Å². The number of ether oxygens (including phenoxy) is 2. The second-order valence-electron chi connectivity index (χ2n) is 5.68. The van der Waals surface area contributed by atoms with Gasteiger partial charge in [0.15, 0.2) is 0 Å². The molecule has 0 amide bonds. The molecule has 0 bridgehead atoms. The van der Waals surface area contributed by atoms with Crippen molar-refractivity contribution in [2.75, 3.05) is 26.3 Å². The van der Waals surface area contributed by atoms with Crippen molar-refractivity contribution < 1.29 is 27.6 Å². The van der Waals surface area contributed by atoms with Gasteiger partial charge in [0.25, 0.3) is 5.69 Å². The number of carbonyl (C=O) groups excluding carboxylic acids is 1. The Morgan fingerprint density at radius 1 is 1.11 bits per heavy atom. The van der Waals surface area contributed by atoms with Gasteiger partial charge in [-0.1, -0.05) is 6.07 Å². The molecule has 0 saturated carbocycles. The molecule has 10 heteroatoms. The summed E-state index contributed by atoms with van der Waals surface area (Å²) in [6.07, 6.45) is 0. The fourth-order valence-corrected chi connectivity index (χ4v) is 3.98. The maximum atomic E-state index is 12.7.